The summed E-state index contributed by atoms with van der Waals surface area (Å²) >= 11 is 0. The van der Waals surface area contributed by atoms with Gasteiger partial charge in [-0.1, -0.05) is 0 Å². The van der Waals surface area contributed by atoms with Gasteiger partial charge in [-0.3, -0.25) is 19.0 Å². The Bertz CT molecular complexity index is 784. The molecule has 0 atom stereocenters. The molecule has 3 heterocycles. The molecular weight excluding hydrogens is 308 g/mol. The van der Waals surface area contributed by atoms with Crippen LogP contribution >= 0.6 is 0 Å². The van der Waals surface area contributed by atoms with Gasteiger partial charge in [0.05, 0.1) is 17.8 Å². The average Bonchev–Trinajstić information content (AvgIpc) is 3.02. The molecule has 24 heavy (non-hydrogen) atoms. The van der Waals surface area contributed by atoms with Gasteiger partial charge in [0.25, 0.3) is 11.8 Å². The number of nitrogens with one attached hydrogen (secondary N) is 1. The van der Waals surface area contributed by atoms with Crippen LogP contribution in [0.2, 0.25) is 0 Å². The van der Waals surface area contributed by atoms with Crippen molar-refractivity contribution in [2.24, 2.45) is 7.05 Å². The highest BCUT2D eigenvalue weighted by Gasteiger charge is 2.29. The fourth-order valence-corrected chi connectivity index (χ4v) is 2.99. The Balaban J connectivity index is 1.52. The van der Waals surface area contributed by atoms with Crippen LogP contribution in [0.25, 0.3) is 0 Å². The van der Waals surface area contributed by atoms with E-state index in [-0.39, 0.29) is 17.5 Å². The summed E-state index contributed by atoms with van der Waals surface area (Å²) in [6, 6.07) is 2.22. The summed E-state index contributed by atoms with van der Waals surface area (Å²) in [5.74, 6) is -0.00678. The summed E-state index contributed by atoms with van der Waals surface area (Å²) in [5, 5.41) is 11.3. The molecule has 0 aromatic carbocycles. The zero-order valence-electron chi connectivity index (χ0n) is 13.6. The number of amides is 2. The van der Waals surface area contributed by atoms with Gasteiger partial charge in [0.15, 0.2) is 5.82 Å². The number of aryl methyl sites for hydroxylation is 1. The molecule has 1 aliphatic heterocycles. The van der Waals surface area contributed by atoms with Crippen LogP contribution in [0.5, 0.6) is 0 Å². The molecule has 4 rings (SSSR count). The summed E-state index contributed by atoms with van der Waals surface area (Å²) < 4.78 is 3.33. The topological polar surface area (TPSA) is 85.0 Å². The number of hydrogen-bond acceptors (Lipinski definition) is 4. The van der Waals surface area contributed by atoms with Crippen LogP contribution < -0.4 is 5.32 Å². The van der Waals surface area contributed by atoms with E-state index < -0.39 is 0 Å². The van der Waals surface area contributed by atoms with Crippen molar-refractivity contribution in [2.45, 2.75) is 31.7 Å². The molecular formula is C16H20N6O2. The van der Waals surface area contributed by atoms with E-state index in [9.17, 15) is 9.59 Å². The maximum absolute atomic E-state index is 12.6. The summed E-state index contributed by atoms with van der Waals surface area (Å²) in [5.41, 5.74) is 0.609. The van der Waals surface area contributed by atoms with Crippen molar-refractivity contribution >= 4 is 17.6 Å². The van der Waals surface area contributed by atoms with Crippen molar-refractivity contribution in [3.63, 3.8) is 0 Å². The fraction of sp³-hybridized carbons (Fsp3) is 0.500. The summed E-state index contributed by atoms with van der Waals surface area (Å²) in [7, 11) is 1.66. The Morgan fingerprint density at radius 2 is 2.04 bits per heavy atom. The third-order valence-electron chi connectivity index (χ3n) is 4.83. The second-order valence-corrected chi connectivity index (χ2v) is 6.40. The standard InChI is InChI=1S/C16H20N6O2/c1-20-14(12(10-17-20)16(24)21-7-3-8-21)15(23)18-13-6-9-22(19-13)11-4-2-5-11/h6,9-11H,2-5,7-8H2,1H3,(H,18,19,23). The number of carbonyl (C=O) groups is 2. The van der Waals surface area contributed by atoms with Crippen molar-refractivity contribution in [1.29, 1.82) is 0 Å². The Hall–Kier alpha value is -2.64. The van der Waals surface area contributed by atoms with Crippen LogP contribution in [0, 0.1) is 0 Å². The highest BCUT2D eigenvalue weighted by molar-refractivity contribution is 6.10. The summed E-state index contributed by atoms with van der Waals surface area (Å²) in [6.07, 6.45) is 7.84. The van der Waals surface area contributed by atoms with Gasteiger partial charge in [-0.2, -0.15) is 10.2 Å². The smallest absolute Gasteiger partial charge is 0.275 e. The third-order valence-corrected chi connectivity index (χ3v) is 4.83. The second-order valence-electron chi connectivity index (χ2n) is 6.40. The van der Waals surface area contributed by atoms with E-state index in [1.54, 1.807) is 18.0 Å². The first-order chi connectivity index (χ1) is 11.6. The number of anilines is 1. The lowest BCUT2D eigenvalue weighted by Crippen LogP contribution is -2.42. The van der Waals surface area contributed by atoms with Gasteiger partial charge in [-0.25, -0.2) is 0 Å². The van der Waals surface area contributed by atoms with Gasteiger partial charge in [-0.15, -0.1) is 0 Å². The van der Waals surface area contributed by atoms with Crippen molar-refractivity contribution in [2.75, 3.05) is 18.4 Å². The van der Waals surface area contributed by atoms with Crippen LogP contribution in [-0.4, -0.2) is 49.4 Å². The van der Waals surface area contributed by atoms with Gasteiger partial charge >= 0.3 is 0 Å². The predicted molar refractivity (Wildman–Crippen MR) is 86.8 cm³/mol. The fourth-order valence-electron chi connectivity index (χ4n) is 2.99. The van der Waals surface area contributed by atoms with Gasteiger partial charge < -0.3 is 10.2 Å². The van der Waals surface area contributed by atoms with Crippen LogP contribution in [0.15, 0.2) is 18.5 Å². The summed E-state index contributed by atoms with van der Waals surface area (Å²) in [6.45, 7) is 1.47. The molecule has 2 aliphatic rings. The number of likely N-dealkylation sites (tertiary alicyclic amines) is 1. The molecule has 1 saturated heterocycles. The number of nitrogens with zero attached hydrogens (tertiary/aromatic N) is 5. The molecule has 8 heteroatoms. The SMILES string of the molecule is Cn1ncc(C(=O)N2CCC2)c1C(=O)Nc1ccn(C2CCC2)n1. The molecule has 1 saturated carbocycles. The molecule has 2 amide bonds. The van der Waals surface area contributed by atoms with Gasteiger partial charge in [0.1, 0.15) is 5.69 Å². The van der Waals surface area contributed by atoms with Crippen molar-refractivity contribution in [3.8, 4) is 0 Å². The third kappa shape index (κ3) is 2.47. The molecule has 126 valence electrons. The van der Waals surface area contributed by atoms with E-state index in [2.05, 4.69) is 15.5 Å². The van der Waals surface area contributed by atoms with Crippen LogP contribution in [-0.2, 0) is 7.05 Å². The second kappa shape index (κ2) is 5.77. The molecule has 1 aliphatic carbocycles. The minimum atomic E-state index is -0.363. The van der Waals surface area contributed by atoms with Gasteiger partial charge in [0.2, 0.25) is 0 Å². The lowest BCUT2D eigenvalue weighted by Gasteiger charge is -2.30. The lowest BCUT2D eigenvalue weighted by atomic mass is 9.93. The average molecular weight is 328 g/mol. The minimum Gasteiger partial charge on any atom is -0.338 e. The molecule has 2 fully saturated rings. The van der Waals surface area contributed by atoms with Gasteiger partial charge in [0, 0.05) is 32.4 Å². The molecule has 1 N–H and O–H groups in total. The van der Waals surface area contributed by atoms with E-state index in [0.29, 0.717) is 17.4 Å². The van der Waals surface area contributed by atoms with Crippen LogP contribution in [0.3, 0.4) is 0 Å². The Morgan fingerprint density at radius 1 is 1.25 bits per heavy atom. The molecule has 0 unspecified atom stereocenters. The van der Waals surface area contributed by atoms with E-state index in [1.807, 2.05) is 10.9 Å². The molecule has 0 radical (unpaired) electrons. The normalized spacial score (nSPS) is 17.3. The first kappa shape index (κ1) is 14.9. The van der Waals surface area contributed by atoms with Crippen molar-refractivity contribution < 1.29 is 9.59 Å². The predicted octanol–water partition coefficient (Wildman–Crippen LogP) is 1.44. The number of carbonyl (C=O) groups excluding carboxylic acids is 2. The first-order valence-corrected chi connectivity index (χ1v) is 8.31. The molecule has 8 nitrogen and oxygen atoms in total. The zero-order valence-corrected chi connectivity index (χ0v) is 13.6. The zero-order chi connectivity index (χ0) is 16.7. The van der Waals surface area contributed by atoms with Crippen LogP contribution in [0.4, 0.5) is 5.82 Å². The Labute approximate surface area is 139 Å². The van der Waals surface area contributed by atoms with E-state index >= 15 is 0 Å². The number of rotatable bonds is 4. The Morgan fingerprint density at radius 3 is 2.67 bits per heavy atom. The molecule has 2 aromatic heterocycles. The van der Waals surface area contributed by atoms with E-state index in [0.717, 1.165) is 32.4 Å². The largest absolute Gasteiger partial charge is 0.338 e. The maximum atomic E-state index is 12.6. The quantitative estimate of drug-likeness (QED) is 0.920. The Kier molecular flexibility index (Phi) is 3.59. The lowest BCUT2D eigenvalue weighted by molar-refractivity contribution is 0.0648. The highest BCUT2D eigenvalue weighted by Crippen LogP contribution is 2.31. The van der Waals surface area contributed by atoms with E-state index in [1.165, 1.54) is 17.3 Å². The van der Waals surface area contributed by atoms with E-state index in [4.69, 9.17) is 0 Å². The molecule has 0 spiro atoms. The van der Waals surface area contributed by atoms with Crippen molar-refractivity contribution in [1.82, 2.24) is 24.5 Å². The van der Waals surface area contributed by atoms with Gasteiger partial charge in [-0.05, 0) is 25.7 Å². The number of aromatic nitrogens is 4. The molecule has 0 bridgehead atoms. The molecule has 2 aromatic rings. The van der Waals surface area contributed by atoms with Crippen molar-refractivity contribution in [3.05, 3.63) is 29.7 Å². The monoisotopic (exact) mass is 328 g/mol. The first-order valence-electron chi connectivity index (χ1n) is 8.31. The van der Waals surface area contributed by atoms with Crippen LogP contribution in [0.1, 0.15) is 52.6 Å². The maximum Gasteiger partial charge on any atom is 0.275 e. The minimum absolute atomic E-state index is 0.139. The summed E-state index contributed by atoms with van der Waals surface area (Å²) in [4.78, 5) is 26.8. The number of hydrogen-bond donors (Lipinski definition) is 1. The highest BCUT2D eigenvalue weighted by atomic mass is 16.2.